The van der Waals surface area contributed by atoms with Crippen molar-refractivity contribution in [2.45, 2.75) is 12.5 Å². The van der Waals surface area contributed by atoms with Crippen LogP contribution in [0.15, 0.2) is 53.1 Å². The second kappa shape index (κ2) is 5.23. The van der Waals surface area contributed by atoms with Crippen LogP contribution < -0.4 is 5.73 Å². The third-order valence-electron chi connectivity index (χ3n) is 2.48. The number of pyridine rings is 1. The van der Waals surface area contributed by atoms with Crippen LogP contribution in [0.2, 0.25) is 0 Å². The van der Waals surface area contributed by atoms with Gasteiger partial charge in [0.15, 0.2) is 0 Å². The van der Waals surface area contributed by atoms with Crippen molar-refractivity contribution in [1.29, 1.82) is 0 Å². The molecule has 0 radical (unpaired) electrons. The lowest BCUT2D eigenvalue weighted by atomic mass is 10.0. The topological polar surface area (TPSA) is 38.9 Å². The third-order valence-corrected chi connectivity index (χ3v) is 3.20. The average molecular weight is 277 g/mol. The van der Waals surface area contributed by atoms with E-state index in [4.69, 9.17) is 5.73 Å². The first-order valence-corrected chi connectivity index (χ1v) is 5.96. The van der Waals surface area contributed by atoms with Gasteiger partial charge in [-0.25, -0.2) is 0 Å². The van der Waals surface area contributed by atoms with Crippen molar-refractivity contribution < 1.29 is 0 Å². The molecule has 0 saturated heterocycles. The smallest absolute Gasteiger partial charge is 0.0564 e. The Hall–Kier alpha value is -1.19. The first-order chi connectivity index (χ1) is 7.77. The zero-order chi connectivity index (χ0) is 11.4. The van der Waals surface area contributed by atoms with E-state index in [-0.39, 0.29) is 6.04 Å². The molecule has 2 rings (SSSR count). The normalized spacial score (nSPS) is 12.4. The lowest BCUT2D eigenvalue weighted by molar-refractivity contribution is 0.704. The molecule has 1 unspecified atom stereocenters. The molecular formula is C13H13BrN2. The molecule has 2 nitrogen and oxygen atoms in total. The fourth-order valence-corrected chi connectivity index (χ4v) is 2.01. The second-order valence-electron chi connectivity index (χ2n) is 3.65. The van der Waals surface area contributed by atoms with Crippen molar-refractivity contribution in [1.82, 2.24) is 4.98 Å². The summed E-state index contributed by atoms with van der Waals surface area (Å²) in [6.45, 7) is 0. The summed E-state index contributed by atoms with van der Waals surface area (Å²) in [6.07, 6.45) is 2.53. The molecule has 82 valence electrons. The fraction of sp³-hybridized carbons (Fsp3) is 0.154. The summed E-state index contributed by atoms with van der Waals surface area (Å²) in [5.74, 6) is 0. The quantitative estimate of drug-likeness (QED) is 0.936. The second-order valence-corrected chi connectivity index (χ2v) is 4.51. The number of halogens is 1. The van der Waals surface area contributed by atoms with E-state index in [1.807, 2.05) is 42.5 Å². The van der Waals surface area contributed by atoms with Gasteiger partial charge in [-0.05, 0) is 33.6 Å². The van der Waals surface area contributed by atoms with Gasteiger partial charge in [0, 0.05) is 23.1 Å². The van der Waals surface area contributed by atoms with Crippen LogP contribution in [0.3, 0.4) is 0 Å². The van der Waals surface area contributed by atoms with Crippen LogP contribution in [0, 0.1) is 0 Å². The molecule has 16 heavy (non-hydrogen) atoms. The van der Waals surface area contributed by atoms with E-state index >= 15 is 0 Å². The monoisotopic (exact) mass is 276 g/mol. The summed E-state index contributed by atoms with van der Waals surface area (Å²) < 4.78 is 1.02. The molecule has 3 heteroatoms. The van der Waals surface area contributed by atoms with Gasteiger partial charge in [-0.1, -0.05) is 30.3 Å². The summed E-state index contributed by atoms with van der Waals surface area (Å²) in [5, 5.41) is 0. The molecule has 0 bridgehead atoms. The molecule has 0 aliphatic carbocycles. The van der Waals surface area contributed by atoms with Crippen molar-refractivity contribution >= 4 is 15.9 Å². The van der Waals surface area contributed by atoms with Gasteiger partial charge in [0.25, 0.3) is 0 Å². The van der Waals surface area contributed by atoms with Crippen LogP contribution >= 0.6 is 15.9 Å². The molecule has 0 aliphatic heterocycles. The van der Waals surface area contributed by atoms with Crippen LogP contribution in [0.4, 0.5) is 0 Å². The molecule has 1 atom stereocenters. The summed E-state index contributed by atoms with van der Waals surface area (Å²) in [7, 11) is 0. The molecule has 1 aromatic carbocycles. The fourth-order valence-electron chi connectivity index (χ4n) is 1.59. The van der Waals surface area contributed by atoms with Crippen molar-refractivity contribution in [2.75, 3.05) is 0 Å². The number of benzene rings is 1. The maximum absolute atomic E-state index is 6.14. The highest BCUT2D eigenvalue weighted by Crippen LogP contribution is 2.20. The van der Waals surface area contributed by atoms with Crippen molar-refractivity contribution in [3.05, 3.63) is 64.4 Å². The predicted octanol–water partition coefficient (Wildman–Crippen LogP) is 3.09. The van der Waals surface area contributed by atoms with Crippen LogP contribution in [0.1, 0.15) is 17.3 Å². The average Bonchev–Trinajstić information content (AvgIpc) is 2.33. The predicted molar refractivity (Wildman–Crippen MR) is 69.0 cm³/mol. The molecule has 2 N–H and O–H groups in total. The molecular weight excluding hydrogens is 264 g/mol. The van der Waals surface area contributed by atoms with Crippen LogP contribution in [0.5, 0.6) is 0 Å². The number of aromatic nitrogens is 1. The van der Waals surface area contributed by atoms with Crippen molar-refractivity contribution in [2.24, 2.45) is 5.73 Å². The summed E-state index contributed by atoms with van der Waals surface area (Å²) >= 11 is 3.48. The SMILES string of the molecule is NC(Cc1ncccc1Br)c1ccccc1. The molecule has 0 saturated carbocycles. The highest BCUT2D eigenvalue weighted by atomic mass is 79.9. The largest absolute Gasteiger partial charge is 0.324 e. The Bertz CT molecular complexity index is 456. The minimum Gasteiger partial charge on any atom is -0.324 e. The van der Waals surface area contributed by atoms with Gasteiger partial charge in [-0.15, -0.1) is 0 Å². The summed E-state index contributed by atoms with van der Waals surface area (Å²) in [5.41, 5.74) is 8.27. The van der Waals surface area contributed by atoms with Gasteiger partial charge in [-0.3, -0.25) is 4.98 Å². The molecule has 0 aliphatic rings. The lowest BCUT2D eigenvalue weighted by Crippen LogP contribution is -2.14. The number of hydrogen-bond donors (Lipinski definition) is 1. The summed E-state index contributed by atoms with van der Waals surface area (Å²) in [6, 6.07) is 14.0. The van der Waals surface area contributed by atoms with Crippen LogP contribution in [-0.2, 0) is 6.42 Å². The zero-order valence-corrected chi connectivity index (χ0v) is 10.4. The summed E-state index contributed by atoms with van der Waals surface area (Å²) in [4.78, 5) is 4.32. The Labute approximate surface area is 104 Å². The Morgan fingerprint density at radius 2 is 1.88 bits per heavy atom. The minimum absolute atomic E-state index is 0.00704. The van der Waals surface area contributed by atoms with Gasteiger partial charge in [-0.2, -0.15) is 0 Å². The lowest BCUT2D eigenvalue weighted by Gasteiger charge is -2.12. The Balaban J connectivity index is 2.14. The Morgan fingerprint density at radius 3 is 2.56 bits per heavy atom. The number of hydrogen-bond acceptors (Lipinski definition) is 2. The van der Waals surface area contributed by atoms with Crippen LogP contribution in [0.25, 0.3) is 0 Å². The first kappa shape index (κ1) is 11.3. The van der Waals surface area contributed by atoms with Crippen molar-refractivity contribution in [3.63, 3.8) is 0 Å². The van der Waals surface area contributed by atoms with Gasteiger partial charge < -0.3 is 5.73 Å². The third kappa shape index (κ3) is 2.68. The number of nitrogens with two attached hydrogens (primary N) is 1. The van der Waals surface area contributed by atoms with Crippen LogP contribution in [-0.4, -0.2) is 4.98 Å². The van der Waals surface area contributed by atoms with E-state index in [1.54, 1.807) is 6.20 Å². The van der Waals surface area contributed by atoms with Gasteiger partial charge in [0.2, 0.25) is 0 Å². The van der Waals surface area contributed by atoms with Gasteiger partial charge in [0.1, 0.15) is 0 Å². The van der Waals surface area contributed by atoms with E-state index in [0.29, 0.717) is 0 Å². The molecule has 0 amide bonds. The zero-order valence-electron chi connectivity index (χ0n) is 8.81. The maximum atomic E-state index is 6.14. The number of rotatable bonds is 3. The Morgan fingerprint density at radius 1 is 1.12 bits per heavy atom. The highest BCUT2D eigenvalue weighted by molar-refractivity contribution is 9.10. The molecule has 2 aromatic rings. The number of nitrogens with zero attached hydrogens (tertiary/aromatic N) is 1. The molecule has 0 spiro atoms. The van der Waals surface area contributed by atoms with E-state index in [2.05, 4.69) is 20.9 Å². The van der Waals surface area contributed by atoms with E-state index in [0.717, 1.165) is 22.2 Å². The standard InChI is InChI=1S/C13H13BrN2/c14-11-7-4-8-16-13(11)9-12(15)10-5-2-1-3-6-10/h1-8,12H,9,15H2. The maximum Gasteiger partial charge on any atom is 0.0564 e. The van der Waals surface area contributed by atoms with Gasteiger partial charge >= 0.3 is 0 Å². The molecule has 1 aromatic heterocycles. The first-order valence-electron chi connectivity index (χ1n) is 5.17. The highest BCUT2D eigenvalue weighted by Gasteiger charge is 2.09. The molecule has 0 fully saturated rings. The molecule has 1 heterocycles. The van der Waals surface area contributed by atoms with E-state index in [1.165, 1.54) is 0 Å². The Kier molecular flexibility index (Phi) is 3.70. The minimum atomic E-state index is -0.00704. The van der Waals surface area contributed by atoms with Crippen molar-refractivity contribution in [3.8, 4) is 0 Å². The van der Waals surface area contributed by atoms with E-state index in [9.17, 15) is 0 Å². The van der Waals surface area contributed by atoms with Gasteiger partial charge in [0.05, 0.1) is 5.69 Å². The van der Waals surface area contributed by atoms with E-state index < -0.39 is 0 Å².